The van der Waals surface area contributed by atoms with E-state index in [-0.39, 0.29) is 29.8 Å². The number of nitrogens with zero attached hydrogens (tertiary/aromatic N) is 3. The van der Waals surface area contributed by atoms with Gasteiger partial charge in [0.1, 0.15) is 6.04 Å². The van der Waals surface area contributed by atoms with E-state index in [1.54, 1.807) is 11.9 Å². The Morgan fingerprint density at radius 1 is 1.07 bits per heavy atom. The lowest BCUT2D eigenvalue weighted by molar-refractivity contribution is -0.141. The van der Waals surface area contributed by atoms with Crippen molar-refractivity contribution in [1.29, 1.82) is 0 Å². The molecule has 0 bridgehead atoms. The van der Waals surface area contributed by atoms with E-state index in [1.807, 2.05) is 35.2 Å². The van der Waals surface area contributed by atoms with Gasteiger partial charge in [0, 0.05) is 37.2 Å². The molecule has 1 aliphatic carbocycles. The number of ether oxygens (including phenoxy) is 1. The SMILES string of the molecule is CCCN1CCC(C(=O)N[C@H](COCc2ccccc2)C(=O)N2CCC3(CC2)CN(SC)C2=C3C=CCC=C2)CC1. The van der Waals surface area contributed by atoms with Gasteiger partial charge >= 0.3 is 0 Å². The maximum Gasteiger partial charge on any atom is 0.247 e. The van der Waals surface area contributed by atoms with Crippen molar-refractivity contribution in [2.45, 2.75) is 58.1 Å². The molecular weight excluding hydrogens is 532 g/mol. The summed E-state index contributed by atoms with van der Waals surface area (Å²) in [6.07, 6.45) is 16.8. The van der Waals surface area contributed by atoms with Crippen LogP contribution in [0.3, 0.4) is 0 Å². The van der Waals surface area contributed by atoms with Crippen LogP contribution in [0.2, 0.25) is 0 Å². The molecule has 3 heterocycles. The number of rotatable bonds is 10. The first-order valence-corrected chi connectivity index (χ1v) is 16.5. The van der Waals surface area contributed by atoms with Gasteiger partial charge in [-0.15, -0.1) is 0 Å². The Morgan fingerprint density at radius 2 is 1.80 bits per heavy atom. The molecule has 41 heavy (non-hydrogen) atoms. The van der Waals surface area contributed by atoms with Crippen LogP contribution >= 0.6 is 11.9 Å². The highest BCUT2D eigenvalue weighted by Gasteiger charge is 2.46. The van der Waals surface area contributed by atoms with E-state index in [2.05, 4.69) is 52.0 Å². The van der Waals surface area contributed by atoms with Gasteiger partial charge in [0.15, 0.2) is 0 Å². The van der Waals surface area contributed by atoms with Crippen molar-refractivity contribution in [3.63, 3.8) is 0 Å². The summed E-state index contributed by atoms with van der Waals surface area (Å²) in [5.74, 6) is -0.0728. The van der Waals surface area contributed by atoms with Gasteiger partial charge in [-0.25, -0.2) is 0 Å². The standard InChI is InChI=1S/C33H46N4O3S/c1-3-18-35-19-14-27(15-20-35)31(38)34-29(24-40-23-26-10-6-4-7-11-26)32(39)36-21-16-33(17-22-36)25-37(41-2)30-13-9-5-8-12-28(30)33/h4,6-13,27,29H,3,5,14-25H2,1-2H3,(H,34,38)/t29-/m1/s1. The first-order chi connectivity index (χ1) is 20.0. The second kappa shape index (κ2) is 14.1. The van der Waals surface area contributed by atoms with E-state index < -0.39 is 6.04 Å². The molecular formula is C33H46N4O3S. The zero-order valence-electron chi connectivity index (χ0n) is 24.7. The summed E-state index contributed by atoms with van der Waals surface area (Å²) in [7, 11) is 0. The summed E-state index contributed by atoms with van der Waals surface area (Å²) in [5, 5.41) is 3.13. The third-order valence-corrected chi connectivity index (χ3v) is 9.92. The molecule has 1 spiro atoms. The van der Waals surface area contributed by atoms with E-state index in [9.17, 15) is 9.59 Å². The Bertz CT molecular complexity index is 1130. The minimum atomic E-state index is -0.671. The second-order valence-electron chi connectivity index (χ2n) is 11.8. The van der Waals surface area contributed by atoms with Crippen molar-refractivity contribution in [3.8, 4) is 0 Å². The van der Waals surface area contributed by atoms with E-state index in [0.29, 0.717) is 19.7 Å². The average Bonchev–Trinajstić information content (AvgIpc) is 3.13. The number of allylic oxidation sites excluding steroid dienone is 4. The summed E-state index contributed by atoms with van der Waals surface area (Å²) in [4.78, 5) is 31.7. The molecule has 5 rings (SSSR count). The molecule has 1 atom stereocenters. The van der Waals surface area contributed by atoms with Gasteiger partial charge in [-0.2, -0.15) is 0 Å². The van der Waals surface area contributed by atoms with Gasteiger partial charge in [-0.1, -0.05) is 67.4 Å². The van der Waals surface area contributed by atoms with Crippen molar-refractivity contribution in [2.75, 3.05) is 52.1 Å². The lowest BCUT2D eigenvalue weighted by Crippen LogP contribution is -2.55. The minimum absolute atomic E-state index is 0.00660. The number of likely N-dealkylation sites (tertiary alicyclic amines) is 2. The maximum absolute atomic E-state index is 13.9. The number of nitrogens with one attached hydrogen (secondary N) is 1. The van der Waals surface area contributed by atoms with Crippen molar-refractivity contribution in [3.05, 3.63) is 71.5 Å². The van der Waals surface area contributed by atoms with E-state index >= 15 is 0 Å². The Morgan fingerprint density at radius 3 is 2.51 bits per heavy atom. The van der Waals surface area contributed by atoms with Gasteiger partial charge in [0.2, 0.25) is 11.8 Å². The van der Waals surface area contributed by atoms with Crippen LogP contribution in [-0.4, -0.2) is 84.1 Å². The molecule has 0 saturated carbocycles. The lowest BCUT2D eigenvalue weighted by Gasteiger charge is -2.41. The third kappa shape index (κ3) is 7.09. The number of amides is 2. The highest BCUT2D eigenvalue weighted by atomic mass is 32.2. The molecule has 2 fully saturated rings. The van der Waals surface area contributed by atoms with Crippen LogP contribution in [0.4, 0.5) is 0 Å². The van der Waals surface area contributed by atoms with Crippen LogP contribution < -0.4 is 5.32 Å². The van der Waals surface area contributed by atoms with Crippen molar-refractivity contribution in [2.24, 2.45) is 11.3 Å². The smallest absolute Gasteiger partial charge is 0.247 e. The molecule has 0 radical (unpaired) electrons. The molecule has 1 aromatic carbocycles. The summed E-state index contributed by atoms with van der Waals surface area (Å²) in [6, 6.07) is 9.31. The van der Waals surface area contributed by atoms with Crippen LogP contribution in [0.25, 0.3) is 0 Å². The summed E-state index contributed by atoms with van der Waals surface area (Å²) in [5.41, 5.74) is 3.85. The fourth-order valence-corrected chi connectivity index (χ4v) is 7.50. The van der Waals surface area contributed by atoms with Gasteiger partial charge in [0.05, 0.1) is 18.9 Å². The summed E-state index contributed by atoms with van der Waals surface area (Å²) < 4.78 is 8.44. The maximum atomic E-state index is 13.9. The summed E-state index contributed by atoms with van der Waals surface area (Å²) >= 11 is 1.78. The fourth-order valence-electron chi connectivity index (χ4n) is 6.76. The van der Waals surface area contributed by atoms with Gasteiger partial charge in [0.25, 0.3) is 0 Å². The number of fused-ring (bicyclic) bond motifs is 1. The molecule has 1 aromatic rings. The Balaban J connectivity index is 1.23. The number of carbonyl (C=O) groups excluding carboxylic acids is 2. The molecule has 7 nitrogen and oxygen atoms in total. The molecule has 8 heteroatoms. The highest BCUT2D eigenvalue weighted by molar-refractivity contribution is 7.96. The predicted molar refractivity (Wildman–Crippen MR) is 166 cm³/mol. The Hall–Kier alpha value is -2.55. The fraction of sp³-hybridized carbons (Fsp3) is 0.576. The minimum Gasteiger partial charge on any atom is -0.374 e. The number of hydrogen-bond donors (Lipinski definition) is 1. The van der Waals surface area contributed by atoms with Crippen molar-refractivity contribution in [1.82, 2.24) is 19.4 Å². The van der Waals surface area contributed by atoms with Crippen molar-refractivity contribution >= 4 is 23.8 Å². The van der Waals surface area contributed by atoms with Crippen LogP contribution in [0.15, 0.2) is 65.9 Å². The third-order valence-electron chi connectivity index (χ3n) is 9.16. The molecule has 2 saturated heterocycles. The monoisotopic (exact) mass is 578 g/mol. The molecule has 1 N–H and O–H groups in total. The lowest BCUT2D eigenvalue weighted by atomic mass is 9.73. The Kier molecular flexibility index (Phi) is 10.3. The largest absolute Gasteiger partial charge is 0.374 e. The van der Waals surface area contributed by atoms with Crippen molar-refractivity contribution < 1.29 is 14.3 Å². The molecule has 0 aromatic heterocycles. The van der Waals surface area contributed by atoms with Gasteiger partial charge in [-0.05, 0) is 75.4 Å². The molecule has 0 unspecified atom stereocenters. The number of benzene rings is 1. The second-order valence-corrected chi connectivity index (χ2v) is 12.6. The number of piperidine rings is 2. The van der Waals surface area contributed by atoms with Crippen LogP contribution in [0.1, 0.15) is 51.0 Å². The Labute approximate surface area is 250 Å². The molecule has 222 valence electrons. The zero-order valence-corrected chi connectivity index (χ0v) is 25.5. The van der Waals surface area contributed by atoms with Gasteiger partial charge in [-0.3, -0.25) is 9.59 Å². The number of hydrogen-bond acceptors (Lipinski definition) is 6. The highest BCUT2D eigenvalue weighted by Crippen LogP contribution is 2.50. The zero-order chi connectivity index (χ0) is 28.7. The van der Waals surface area contributed by atoms with Crippen LogP contribution in [0, 0.1) is 11.3 Å². The number of carbonyl (C=O) groups is 2. The van der Waals surface area contributed by atoms with E-state index in [4.69, 9.17) is 4.74 Å². The first kappa shape index (κ1) is 29.9. The normalized spacial score (nSPS) is 21.7. The van der Waals surface area contributed by atoms with E-state index in [1.165, 1.54) is 11.3 Å². The van der Waals surface area contributed by atoms with Crippen LogP contribution in [-0.2, 0) is 20.9 Å². The molecule has 3 aliphatic heterocycles. The van der Waals surface area contributed by atoms with Gasteiger partial charge < -0.3 is 24.2 Å². The van der Waals surface area contributed by atoms with E-state index in [0.717, 1.165) is 70.3 Å². The molecule has 4 aliphatic rings. The predicted octanol–water partition coefficient (Wildman–Crippen LogP) is 4.78. The topological polar surface area (TPSA) is 65.1 Å². The quantitative estimate of drug-likeness (QED) is 0.403. The average molecular weight is 579 g/mol. The van der Waals surface area contributed by atoms with Crippen LogP contribution in [0.5, 0.6) is 0 Å². The first-order valence-electron chi connectivity index (χ1n) is 15.4. The molecule has 2 amide bonds. The summed E-state index contributed by atoms with van der Waals surface area (Å²) in [6.45, 7) is 8.12.